The molecule has 0 aliphatic carbocycles. The van der Waals surface area contributed by atoms with Gasteiger partial charge < -0.3 is 0 Å². The van der Waals surface area contributed by atoms with E-state index < -0.39 is 11.9 Å². The smallest absolute Gasteiger partial charge is 0.233 e. The molecule has 6 heteroatoms. The molecule has 0 spiro atoms. The molecule has 0 saturated carbocycles. The van der Waals surface area contributed by atoms with E-state index in [9.17, 15) is 13.2 Å². The summed E-state index contributed by atoms with van der Waals surface area (Å²) >= 11 is 0. The van der Waals surface area contributed by atoms with Crippen LogP contribution in [0.5, 0.6) is 0 Å². The van der Waals surface area contributed by atoms with Crippen molar-refractivity contribution in [2.24, 2.45) is 5.10 Å². The Bertz CT molecular complexity index is 176. The van der Waals surface area contributed by atoms with E-state index in [4.69, 9.17) is 0 Å². The lowest BCUT2D eigenvalue weighted by Crippen LogP contribution is -2.33. The van der Waals surface area contributed by atoms with Crippen LogP contribution < -0.4 is 5.43 Å². The van der Waals surface area contributed by atoms with Crippen LogP contribution in [-0.4, -0.2) is 30.6 Å². The maximum absolute atomic E-state index is 11.9. The first-order valence-electron chi connectivity index (χ1n) is 3.97. The summed E-state index contributed by atoms with van der Waals surface area (Å²) in [5.41, 5.74) is 1.82. The van der Waals surface area contributed by atoms with Crippen molar-refractivity contribution in [3.05, 3.63) is 0 Å². The molecule has 0 saturated heterocycles. The Morgan fingerprint density at radius 1 is 1.46 bits per heavy atom. The number of rotatable bonds is 4. The Balaban J connectivity index is 4.06. The number of halogens is 3. The quantitative estimate of drug-likeness (QED) is 0.549. The van der Waals surface area contributed by atoms with Crippen molar-refractivity contribution in [1.82, 2.24) is 10.5 Å². The molecule has 13 heavy (non-hydrogen) atoms. The van der Waals surface area contributed by atoms with Crippen molar-refractivity contribution in [1.29, 1.82) is 0 Å². The van der Waals surface area contributed by atoms with Crippen LogP contribution in [0.3, 0.4) is 0 Å². The van der Waals surface area contributed by atoms with Gasteiger partial charge in [-0.05, 0) is 13.3 Å². The van der Waals surface area contributed by atoms with Crippen LogP contribution >= 0.6 is 0 Å². The van der Waals surface area contributed by atoms with Crippen LogP contribution in [0.4, 0.5) is 13.2 Å². The van der Waals surface area contributed by atoms with Gasteiger partial charge in [-0.15, -0.1) is 0 Å². The molecule has 0 aliphatic heterocycles. The van der Waals surface area contributed by atoms with E-state index >= 15 is 0 Å². The predicted molar refractivity (Wildman–Crippen MR) is 45.2 cm³/mol. The molecule has 0 aromatic rings. The van der Waals surface area contributed by atoms with Crippen LogP contribution in [0.2, 0.25) is 0 Å². The predicted octanol–water partition coefficient (Wildman–Crippen LogP) is 1.77. The first kappa shape index (κ1) is 12.2. The van der Waals surface area contributed by atoms with Crippen molar-refractivity contribution < 1.29 is 13.2 Å². The van der Waals surface area contributed by atoms with Crippen molar-refractivity contribution in [3.63, 3.8) is 0 Å². The van der Waals surface area contributed by atoms with E-state index in [1.807, 2.05) is 6.92 Å². The molecule has 78 valence electrons. The highest BCUT2D eigenvalue weighted by molar-refractivity contribution is 5.86. The van der Waals surface area contributed by atoms with E-state index in [2.05, 4.69) is 10.5 Å². The SMILES string of the molecule is CCCNN(C)N=C(C)C(F)(F)F. The molecule has 0 fully saturated rings. The van der Waals surface area contributed by atoms with Gasteiger partial charge in [-0.25, -0.2) is 10.5 Å². The largest absolute Gasteiger partial charge is 0.430 e. The van der Waals surface area contributed by atoms with E-state index in [0.29, 0.717) is 6.54 Å². The topological polar surface area (TPSA) is 27.6 Å². The number of nitrogens with one attached hydrogen (secondary N) is 1. The molecule has 0 aromatic heterocycles. The van der Waals surface area contributed by atoms with E-state index in [1.165, 1.54) is 7.05 Å². The summed E-state index contributed by atoms with van der Waals surface area (Å²) in [6.45, 7) is 3.45. The van der Waals surface area contributed by atoms with Crippen molar-refractivity contribution >= 4 is 5.71 Å². The molecule has 0 amide bonds. The fourth-order valence-electron chi connectivity index (χ4n) is 0.591. The lowest BCUT2D eigenvalue weighted by molar-refractivity contribution is -0.0609. The van der Waals surface area contributed by atoms with E-state index in [0.717, 1.165) is 18.5 Å². The first-order valence-corrected chi connectivity index (χ1v) is 3.97. The molecule has 1 N–H and O–H groups in total. The Morgan fingerprint density at radius 2 is 2.00 bits per heavy atom. The summed E-state index contributed by atoms with van der Waals surface area (Å²) in [6, 6.07) is 0. The summed E-state index contributed by atoms with van der Waals surface area (Å²) < 4.78 is 35.8. The lowest BCUT2D eigenvalue weighted by atomic mass is 10.4. The number of hydrogen-bond acceptors (Lipinski definition) is 3. The minimum Gasteiger partial charge on any atom is -0.233 e. The van der Waals surface area contributed by atoms with Crippen LogP contribution in [-0.2, 0) is 0 Å². The highest BCUT2D eigenvalue weighted by atomic mass is 19.4. The standard InChI is InChI=1S/C7H14F3N3/c1-4-5-11-13(3)12-6(2)7(8,9)10/h11H,4-5H2,1-3H3. The molecule has 0 bridgehead atoms. The van der Waals surface area contributed by atoms with Gasteiger partial charge in [0.15, 0.2) is 0 Å². The van der Waals surface area contributed by atoms with E-state index in [-0.39, 0.29) is 0 Å². The Kier molecular flexibility index (Phi) is 4.76. The summed E-state index contributed by atoms with van der Waals surface area (Å²) in [7, 11) is 1.44. The molecule has 3 nitrogen and oxygen atoms in total. The second kappa shape index (κ2) is 5.06. The fourth-order valence-corrected chi connectivity index (χ4v) is 0.591. The maximum Gasteiger partial charge on any atom is 0.430 e. The maximum atomic E-state index is 11.9. The number of hydrazone groups is 1. The van der Waals surface area contributed by atoms with Gasteiger partial charge in [0.1, 0.15) is 5.71 Å². The number of hydrogen-bond donors (Lipinski definition) is 1. The van der Waals surface area contributed by atoms with Crippen LogP contribution in [0.15, 0.2) is 5.10 Å². The van der Waals surface area contributed by atoms with Crippen molar-refractivity contribution in [2.75, 3.05) is 13.6 Å². The Labute approximate surface area is 75.6 Å². The van der Waals surface area contributed by atoms with Gasteiger partial charge in [-0.2, -0.15) is 18.3 Å². The summed E-state index contributed by atoms with van der Waals surface area (Å²) in [5, 5.41) is 4.38. The molecular weight excluding hydrogens is 183 g/mol. The minimum atomic E-state index is -4.35. The van der Waals surface area contributed by atoms with Gasteiger partial charge in [0.05, 0.1) is 0 Å². The van der Waals surface area contributed by atoms with Gasteiger partial charge in [0.25, 0.3) is 0 Å². The number of nitrogens with zero attached hydrogens (tertiary/aromatic N) is 2. The Morgan fingerprint density at radius 3 is 2.38 bits per heavy atom. The normalized spacial score (nSPS) is 13.2. The Hall–Kier alpha value is -0.780. The van der Waals surface area contributed by atoms with Crippen LogP contribution in [0.1, 0.15) is 20.3 Å². The highest BCUT2D eigenvalue weighted by Crippen LogP contribution is 2.16. The summed E-state index contributed by atoms with van der Waals surface area (Å²) in [4.78, 5) is 0. The second-order valence-corrected chi connectivity index (χ2v) is 2.61. The van der Waals surface area contributed by atoms with Crippen LogP contribution in [0.25, 0.3) is 0 Å². The molecule has 0 heterocycles. The molecule has 0 atom stereocenters. The molecule has 0 aromatic carbocycles. The van der Waals surface area contributed by atoms with Gasteiger partial charge in [-0.3, -0.25) is 0 Å². The van der Waals surface area contributed by atoms with Gasteiger partial charge in [0.2, 0.25) is 0 Å². The monoisotopic (exact) mass is 197 g/mol. The average molecular weight is 197 g/mol. The summed E-state index contributed by atoms with van der Waals surface area (Å²) in [5.74, 6) is 0. The minimum absolute atomic E-state index is 0.602. The molecular formula is C7H14F3N3. The van der Waals surface area contributed by atoms with Crippen molar-refractivity contribution in [3.8, 4) is 0 Å². The van der Waals surface area contributed by atoms with Gasteiger partial charge in [-0.1, -0.05) is 6.92 Å². The molecule has 0 radical (unpaired) electrons. The number of hydrazine groups is 1. The zero-order valence-electron chi connectivity index (χ0n) is 7.94. The second-order valence-electron chi connectivity index (χ2n) is 2.61. The highest BCUT2D eigenvalue weighted by Gasteiger charge is 2.32. The van der Waals surface area contributed by atoms with E-state index in [1.54, 1.807) is 0 Å². The third kappa shape index (κ3) is 5.46. The molecule has 0 unspecified atom stereocenters. The van der Waals surface area contributed by atoms with Crippen LogP contribution in [0, 0.1) is 0 Å². The van der Waals surface area contributed by atoms with Gasteiger partial charge >= 0.3 is 6.18 Å². The third-order valence-corrected chi connectivity index (χ3v) is 1.30. The zero-order valence-corrected chi connectivity index (χ0v) is 7.94. The van der Waals surface area contributed by atoms with Crippen molar-refractivity contribution in [2.45, 2.75) is 26.4 Å². The fraction of sp³-hybridized carbons (Fsp3) is 0.857. The lowest BCUT2D eigenvalue weighted by Gasteiger charge is -2.15. The van der Waals surface area contributed by atoms with Gasteiger partial charge in [0, 0.05) is 13.6 Å². The zero-order chi connectivity index (χ0) is 10.5. The molecule has 0 rings (SSSR count). The summed E-state index contributed by atoms with van der Waals surface area (Å²) in [6.07, 6.45) is -3.51. The third-order valence-electron chi connectivity index (χ3n) is 1.30. The first-order chi connectivity index (χ1) is 5.88. The number of alkyl halides is 3. The molecule has 0 aliphatic rings. The average Bonchev–Trinajstić information content (AvgIpc) is 1.99.